The fraction of sp³-hybridized carbons (Fsp3) is 1.00. The smallest absolute Gasteiger partial charge is 0.00313 e. The Bertz CT molecular complexity index is 176. The predicted octanol–water partition coefficient (Wildman–Crippen LogP) is 5.23. The van der Waals surface area contributed by atoms with E-state index in [4.69, 9.17) is 0 Å². The number of piperidine rings is 1. The SMILES string of the molecule is CCC1CCN(CCCCCCCCCBr)CC1. The molecule has 18 heavy (non-hydrogen) atoms. The monoisotopic (exact) mass is 317 g/mol. The summed E-state index contributed by atoms with van der Waals surface area (Å²) in [6.45, 7) is 6.43. The maximum absolute atomic E-state index is 3.49. The van der Waals surface area contributed by atoms with Crippen LogP contribution in [0.5, 0.6) is 0 Å². The van der Waals surface area contributed by atoms with Gasteiger partial charge in [-0.15, -0.1) is 0 Å². The Morgan fingerprint density at radius 1 is 0.889 bits per heavy atom. The zero-order valence-corrected chi connectivity index (χ0v) is 13.9. The third-order valence-corrected chi connectivity index (χ3v) is 4.95. The summed E-state index contributed by atoms with van der Waals surface area (Å²) >= 11 is 3.49. The minimum absolute atomic E-state index is 1.02. The van der Waals surface area contributed by atoms with E-state index in [1.165, 1.54) is 89.2 Å². The van der Waals surface area contributed by atoms with Gasteiger partial charge in [-0.25, -0.2) is 0 Å². The number of halogens is 1. The van der Waals surface area contributed by atoms with Gasteiger partial charge in [0.05, 0.1) is 0 Å². The average molecular weight is 318 g/mol. The number of alkyl halides is 1. The highest BCUT2D eigenvalue weighted by molar-refractivity contribution is 9.09. The van der Waals surface area contributed by atoms with Crippen molar-refractivity contribution in [2.24, 2.45) is 5.92 Å². The lowest BCUT2D eigenvalue weighted by atomic mass is 9.94. The van der Waals surface area contributed by atoms with Gasteiger partial charge >= 0.3 is 0 Å². The molecule has 0 aromatic carbocycles. The van der Waals surface area contributed by atoms with Crippen molar-refractivity contribution in [2.75, 3.05) is 25.0 Å². The number of unbranched alkanes of at least 4 members (excludes halogenated alkanes) is 6. The normalized spacial score (nSPS) is 18.3. The van der Waals surface area contributed by atoms with Crippen LogP contribution in [0.4, 0.5) is 0 Å². The Labute approximate surface area is 123 Å². The quantitative estimate of drug-likeness (QED) is 0.393. The molecule has 0 aliphatic carbocycles. The summed E-state index contributed by atoms with van der Waals surface area (Å²) in [5.74, 6) is 1.02. The van der Waals surface area contributed by atoms with Crippen LogP contribution in [0, 0.1) is 5.92 Å². The Morgan fingerprint density at radius 2 is 1.44 bits per heavy atom. The summed E-state index contributed by atoms with van der Waals surface area (Å²) in [5, 5.41) is 1.18. The number of rotatable bonds is 10. The molecule has 2 heteroatoms. The lowest BCUT2D eigenvalue weighted by Crippen LogP contribution is -2.34. The van der Waals surface area contributed by atoms with E-state index in [1.54, 1.807) is 0 Å². The molecule has 1 aliphatic rings. The molecule has 1 saturated heterocycles. The van der Waals surface area contributed by atoms with Crippen molar-refractivity contribution in [3.8, 4) is 0 Å². The lowest BCUT2D eigenvalue weighted by molar-refractivity contribution is 0.179. The Hall–Kier alpha value is 0.440. The number of likely N-dealkylation sites (tertiary alicyclic amines) is 1. The summed E-state index contributed by atoms with van der Waals surface area (Å²) in [7, 11) is 0. The van der Waals surface area contributed by atoms with Crippen molar-refractivity contribution >= 4 is 15.9 Å². The van der Waals surface area contributed by atoms with Gasteiger partial charge in [0, 0.05) is 5.33 Å². The van der Waals surface area contributed by atoms with Gasteiger partial charge in [0.15, 0.2) is 0 Å². The van der Waals surface area contributed by atoms with E-state index in [1.807, 2.05) is 0 Å². The van der Waals surface area contributed by atoms with Crippen LogP contribution in [-0.4, -0.2) is 29.9 Å². The van der Waals surface area contributed by atoms with E-state index in [0.717, 1.165) is 5.92 Å². The number of hydrogen-bond donors (Lipinski definition) is 0. The fourth-order valence-electron chi connectivity index (χ4n) is 2.93. The van der Waals surface area contributed by atoms with E-state index in [0.29, 0.717) is 0 Å². The van der Waals surface area contributed by atoms with Gasteiger partial charge < -0.3 is 4.90 Å². The highest BCUT2D eigenvalue weighted by atomic mass is 79.9. The van der Waals surface area contributed by atoms with Crippen LogP contribution >= 0.6 is 15.9 Å². The minimum Gasteiger partial charge on any atom is -0.303 e. The molecule has 1 heterocycles. The molecule has 0 N–H and O–H groups in total. The third-order valence-electron chi connectivity index (χ3n) is 4.39. The van der Waals surface area contributed by atoms with Crippen molar-refractivity contribution in [2.45, 2.75) is 71.1 Å². The van der Waals surface area contributed by atoms with Crippen molar-refractivity contribution < 1.29 is 0 Å². The van der Waals surface area contributed by atoms with E-state index < -0.39 is 0 Å². The zero-order valence-electron chi connectivity index (χ0n) is 12.3. The van der Waals surface area contributed by atoms with Crippen LogP contribution in [0.25, 0.3) is 0 Å². The Kier molecular flexibility index (Phi) is 10.3. The maximum Gasteiger partial charge on any atom is 0.00313 e. The van der Waals surface area contributed by atoms with Crippen LogP contribution in [0.3, 0.4) is 0 Å². The van der Waals surface area contributed by atoms with Gasteiger partial charge in [-0.1, -0.05) is 61.4 Å². The fourth-order valence-corrected chi connectivity index (χ4v) is 3.33. The second kappa shape index (κ2) is 11.3. The molecule has 0 atom stereocenters. The van der Waals surface area contributed by atoms with Crippen LogP contribution in [-0.2, 0) is 0 Å². The third kappa shape index (κ3) is 7.78. The molecule has 0 unspecified atom stereocenters. The minimum atomic E-state index is 1.02. The van der Waals surface area contributed by atoms with Crippen molar-refractivity contribution in [3.63, 3.8) is 0 Å². The lowest BCUT2D eigenvalue weighted by Gasteiger charge is -2.31. The molecule has 0 spiro atoms. The predicted molar refractivity (Wildman–Crippen MR) is 85.6 cm³/mol. The van der Waals surface area contributed by atoms with E-state index >= 15 is 0 Å². The Balaban J connectivity index is 1.84. The summed E-state index contributed by atoms with van der Waals surface area (Å²) in [5.41, 5.74) is 0. The van der Waals surface area contributed by atoms with E-state index in [2.05, 4.69) is 27.8 Å². The molecule has 1 nitrogen and oxygen atoms in total. The van der Waals surface area contributed by atoms with Gasteiger partial charge in [0.1, 0.15) is 0 Å². The van der Waals surface area contributed by atoms with Crippen LogP contribution in [0.2, 0.25) is 0 Å². The first-order valence-electron chi connectivity index (χ1n) is 8.15. The molecule has 0 amide bonds. The maximum atomic E-state index is 3.49. The molecule has 0 aromatic heterocycles. The molecule has 0 radical (unpaired) electrons. The molecular weight excluding hydrogens is 286 g/mol. The van der Waals surface area contributed by atoms with Gasteiger partial charge in [0.2, 0.25) is 0 Å². The second-order valence-corrected chi connectivity index (χ2v) is 6.65. The highest BCUT2D eigenvalue weighted by Crippen LogP contribution is 2.20. The summed E-state index contributed by atoms with van der Waals surface area (Å²) in [6.07, 6.45) is 14.3. The molecule has 0 bridgehead atoms. The second-order valence-electron chi connectivity index (χ2n) is 5.86. The van der Waals surface area contributed by atoms with Gasteiger partial charge in [0.25, 0.3) is 0 Å². The number of nitrogens with zero attached hydrogens (tertiary/aromatic N) is 1. The molecule has 1 aliphatic heterocycles. The zero-order chi connectivity index (χ0) is 13.1. The topological polar surface area (TPSA) is 3.24 Å². The van der Waals surface area contributed by atoms with E-state index in [-0.39, 0.29) is 0 Å². The summed E-state index contributed by atoms with van der Waals surface area (Å²) in [6, 6.07) is 0. The van der Waals surface area contributed by atoms with Crippen LogP contribution < -0.4 is 0 Å². The van der Waals surface area contributed by atoms with E-state index in [9.17, 15) is 0 Å². The molecule has 0 saturated carbocycles. The van der Waals surface area contributed by atoms with Crippen molar-refractivity contribution in [1.29, 1.82) is 0 Å². The summed E-state index contributed by atoms with van der Waals surface area (Å²) in [4.78, 5) is 2.69. The standard InChI is InChI=1S/C16H32BrN/c1-2-16-10-14-18(15-11-16)13-9-7-5-3-4-6-8-12-17/h16H,2-15H2,1H3. The van der Waals surface area contributed by atoms with Crippen molar-refractivity contribution in [1.82, 2.24) is 4.90 Å². The van der Waals surface area contributed by atoms with Gasteiger partial charge in [-0.3, -0.25) is 0 Å². The number of hydrogen-bond acceptors (Lipinski definition) is 1. The first-order valence-corrected chi connectivity index (χ1v) is 9.27. The van der Waals surface area contributed by atoms with Crippen molar-refractivity contribution in [3.05, 3.63) is 0 Å². The largest absolute Gasteiger partial charge is 0.303 e. The molecule has 108 valence electrons. The molecule has 0 aromatic rings. The van der Waals surface area contributed by atoms with Crippen LogP contribution in [0.1, 0.15) is 71.1 Å². The van der Waals surface area contributed by atoms with Gasteiger partial charge in [-0.2, -0.15) is 0 Å². The molecule has 1 rings (SSSR count). The average Bonchev–Trinajstić information content (AvgIpc) is 2.42. The first kappa shape index (κ1) is 16.5. The highest BCUT2D eigenvalue weighted by Gasteiger charge is 2.16. The van der Waals surface area contributed by atoms with Crippen LogP contribution in [0.15, 0.2) is 0 Å². The Morgan fingerprint density at radius 3 is 2.00 bits per heavy atom. The molecular formula is C16H32BrN. The van der Waals surface area contributed by atoms with Gasteiger partial charge in [-0.05, 0) is 51.2 Å². The summed E-state index contributed by atoms with van der Waals surface area (Å²) < 4.78 is 0. The molecule has 1 fully saturated rings. The first-order chi connectivity index (χ1) is 8.86.